The smallest absolute Gasteiger partial charge is 0.423 e. The maximum atomic E-state index is 13.4. The summed E-state index contributed by atoms with van der Waals surface area (Å²) in [5.41, 5.74) is -2.16. The Balaban J connectivity index is 1.71. The molecule has 0 saturated carbocycles. The first-order valence-corrected chi connectivity index (χ1v) is 10.9. The van der Waals surface area contributed by atoms with Crippen LogP contribution in [0.5, 0.6) is 5.88 Å². The number of aromatic nitrogens is 4. The van der Waals surface area contributed by atoms with Crippen LogP contribution in [0.1, 0.15) is 24.6 Å². The van der Waals surface area contributed by atoms with Gasteiger partial charge in [0.25, 0.3) is 0 Å². The van der Waals surface area contributed by atoms with Crippen molar-refractivity contribution in [2.45, 2.75) is 37.8 Å². The maximum Gasteiger partial charge on any atom is 0.423 e. The van der Waals surface area contributed by atoms with Crippen LogP contribution in [0, 0.1) is 5.82 Å². The summed E-state index contributed by atoms with van der Waals surface area (Å²) in [7, 11) is 0. The van der Waals surface area contributed by atoms with E-state index in [2.05, 4.69) is 15.3 Å². The van der Waals surface area contributed by atoms with Crippen molar-refractivity contribution < 1.29 is 40.6 Å². The number of alkyl halides is 6. The van der Waals surface area contributed by atoms with Gasteiger partial charge < -0.3 is 9.84 Å². The Morgan fingerprint density at radius 1 is 0.973 bits per heavy atom. The normalized spacial score (nSPS) is 14.1. The van der Waals surface area contributed by atoms with Gasteiger partial charge in [0.2, 0.25) is 11.5 Å². The molecule has 0 fully saturated rings. The van der Waals surface area contributed by atoms with Gasteiger partial charge in [-0.15, -0.1) is 5.10 Å². The topological polar surface area (TPSA) is 73.1 Å². The van der Waals surface area contributed by atoms with Crippen molar-refractivity contribution in [3.8, 4) is 17.0 Å². The van der Waals surface area contributed by atoms with E-state index in [9.17, 15) is 35.8 Å². The van der Waals surface area contributed by atoms with Crippen molar-refractivity contribution in [3.63, 3.8) is 0 Å². The highest BCUT2D eigenvalue weighted by Gasteiger charge is 2.55. The van der Waals surface area contributed by atoms with Crippen molar-refractivity contribution in [1.29, 1.82) is 0 Å². The van der Waals surface area contributed by atoms with Crippen molar-refractivity contribution in [2.75, 3.05) is 6.61 Å². The Labute approximate surface area is 205 Å². The van der Waals surface area contributed by atoms with Crippen LogP contribution in [0.2, 0.25) is 0 Å². The lowest BCUT2D eigenvalue weighted by atomic mass is 9.96. The predicted molar refractivity (Wildman–Crippen MR) is 118 cm³/mol. The van der Waals surface area contributed by atoms with Gasteiger partial charge in [-0.1, -0.05) is 36.4 Å². The predicted octanol–water partition coefficient (Wildman–Crippen LogP) is 5.78. The van der Waals surface area contributed by atoms with Crippen LogP contribution >= 0.6 is 0 Å². The number of hydrogen-bond acceptors (Lipinski definition) is 5. The Kier molecular flexibility index (Phi) is 6.84. The molecule has 6 nitrogen and oxygen atoms in total. The lowest BCUT2D eigenvalue weighted by molar-refractivity contribution is -0.269. The van der Waals surface area contributed by atoms with Crippen LogP contribution in [0.15, 0.2) is 54.7 Å². The fourth-order valence-electron chi connectivity index (χ4n) is 3.73. The molecule has 1 N–H and O–H groups in total. The Bertz CT molecular complexity index is 1400. The quantitative estimate of drug-likeness (QED) is 0.308. The van der Waals surface area contributed by atoms with Crippen LogP contribution in [-0.2, 0) is 12.1 Å². The van der Waals surface area contributed by atoms with Gasteiger partial charge in [-0.2, -0.15) is 26.3 Å². The zero-order valence-electron chi connectivity index (χ0n) is 19.1. The Morgan fingerprint density at radius 2 is 1.68 bits per heavy atom. The molecule has 0 bridgehead atoms. The van der Waals surface area contributed by atoms with Gasteiger partial charge >= 0.3 is 12.4 Å². The minimum Gasteiger partial charge on any atom is -0.468 e. The van der Waals surface area contributed by atoms with Crippen molar-refractivity contribution in [3.05, 3.63) is 71.8 Å². The number of halogens is 7. The van der Waals surface area contributed by atoms with Crippen molar-refractivity contribution >= 4 is 10.9 Å². The van der Waals surface area contributed by atoms with Crippen LogP contribution in [-0.4, -0.2) is 44.0 Å². The second-order valence-corrected chi connectivity index (χ2v) is 8.28. The minimum atomic E-state index is -4.96. The number of nitrogens with zero attached hydrogens (tertiary/aromatic N) is 4. The molecule has 4 rings (SSSR count). The van der Waals surface area contributed by atoms with Gasteiger partial charge in [0.15, 0.2) is 6.61 Å². The maximum absolute atomic E-state index is 13.4. The average molecular weight is 528 g/mol. The molecule has 0 spiro atoms. The number of rotatable bonds is 7. The third-order valence-electron chi connectivity index (χ3n) is 5.68. The van der Waals surface area contributed by atoms with Gasteiger partial charge in [-0.3, -0.25) is 0 Å². The number of ether oxygens (including phenoxy) is 1. The zero-order chi connectivity index (χ0) is 27.0. The molecule has 0 aliphatic rings. The third kappa shape index (κ3) is 5.66. The molecule has 37 heavy (non-hydrogen) atoms. The van der Waals surface area contributed by atoms with Crippen LogP contribution in [0.3, 0.4) is 0 Å². The van der Waals surface area contributed by atoms with E-state index < -0.39 is 42.5 Å². The fraction of sp³-hybridized carbons (Fsp3) is 0.292. The first-order valence-electron chi connectivity index (χ1n) is 10.9. The van der Waals surface area contributed by atoms with Gasteiger partial charge in [-0.25, -0.2) is 14.1 Å². The Hall–Kier alpha value is -3.74. The summed E-state index contributed by atoms with van der Waals surface area (Å²) in [5.74, 6) is -0.812. The van der Waals surface area contributed by atoms with E-state index in [1.54, 1.807) is 12.1 Å². The van der Waals surface area contributed by atoms with Crippen LogP contribution in [0.25, 0.3) is 22.0 Å². The number of pyridine rings is 1. The molecule has 1 atom stereocenters. The van der Waals surface area contributed by atoms with Gasteiger partial charge in [-0.05, 0) is 41.3 Å². The zero-order valence-corrected chi connectivity index (χ0v) is 19.1. The number of hydrogen-bond donors (Lipinski definition) is 1. The monoisotopic (exact) mass is 528 g/mol. The molecule has 0 saturated heterocycles. The molecule has 2 aromatic carbocycles. The SMILES string of the molecule is CCC(O)(c1cn(Cc2ccc3c(-c4ccc(F)cc4)cc(OCC(F)(F)F)nc3c2)nn1)C(F)(F)F. The van der Waals surface area contributed by atoms with Crippen molar-refractivity contribution in [2.24, 2.45) is 0 Å². The molecule has 2 aromatic heterocycles. The first-order chi connectivity index (χ1) is 17.3. The summed E-state index contributed by atoms with van der Waals surface area (Å²) in [6.45, 7) is -0.476. The molecular formula is C24H19F7N4O2. The molecule has 0 amide bonds. The summed E-state index contributed by atoms with van der Waals surface area (Å²) in [4.78, 5) is 4.14. The first kappa shape index (κ1) is 26.3. The summed E-state index contributed by atoms with van der Waals surface area (Å²) < 4.78 is 97.5. The highest BCUT2D eigenvalue weighted by atomic mass is 19.4. The number of benzene rings is 2. The van der Waals surface area contributed by atoms with E-state index >= 15 is 0 Å². The molecule has 0 radical (unpaired) electrons. The average Bonchev–Trinajstić information content (AvgIpc) is 3.29. The Morgan fingerprint density at radius 3 is 2.30 bits per heavy atom. The van der Waals surface area contributed by atoms with Gasteiger partial charge in [0.05, 0.1) is 18.3 Å². The lowest BCUT2D eigenvalue weighted by Gasteiger charge is -2.26. The molecule has 196 valence electrons. The fourth-order valence-corrected chi connectivity index (χ4v) is 3.73. The van der Waals surface area contributed by atoms with E-state index in [-0.39, 0.29) is 17.9 Å². The minimum absolute atomic E-state index is 0.0677. The van der Waals surface area contributed by atoms with E-state index in [0.29, 0.717) is 22.1 Å². The number of aliphatic hydroxyl groups is 1. The second kappa shape index (κ2) is 9.61. The summed E-state index contributed by atoms with van der Waals surface area (Å²) in [5, 5.41) is 17.7. The van der Waals surface area contributed by atoms with Crippen LogP contribution < -0.4 is 4.74 Å². The summed E-state index contributed by atoms with van der Waals surface area (Å²) in [6, 6.07) is 11.4. The molecule has 2 heterocycles. The molecule has 0 aliphatic heterocycles. The van der Waals surface area contributed by atoms with E-state index in [0.717, 1.165) is 10.9 Å². The summed E-state index contributed by atoms with van der Waals surface area (Å²) in [6.07, 6.45) is -9.25. The van der Waals surface area contributed by atoms with Gasteiger partial charge in [0.1, 0.15) is 11.5 Å². The standard InChI is InChI=1S/C24H19F7N4O2/c1-2-22(36,24(29,30)31)20-12-35(34-33-20)11-14-3-8-17-18(15-4-6-16(25)7-5-15)10-21(32-19(17)9-14)37-13-23(26,27)28/h3-10,12,36H,2,11,13H2,1H3. The third-order valence-corrected chi connectivity index (χ3v) is 5.68. The second-order valence-electron chi connectivity index (χ2n) is 8.28. The molecule has 13 heteroatoms. The van der Waals surface area contributed by atoms with E-state index in [1.165, 1.54) is 43.3 Å². The highest BCUT2D eigenvalue weighted by molar-refractivity contribution is 5.95. The molecule has 1 unspecified atom stereocenters. The van der Waals surface area contributed by atoms with E-state index in [1.807, 2.05) is 0 Å². The molecule has 4 aromatic rings. The van der Waals surface area contributed by atoms with E-state index in [4.69, 9.17) is 4.74 Å². The highest BCUT2D eigenvalue weighted by Crippen LogP contribution is 2.40. The number of fused-ring (bicyclic) bond motifs is 1. The molecular weight excluding hydrogens is 509 g/mol. The molecule has 0 aliphatic carbocycles. The van der Waals surface area contributed by atoms with Crippen molar-refractivity contribution in [1.82, 2.24) is 20.0 Å². The van der Waals surface area contributed by atoms with Crippen LogP contribution in [0.4, 0.5) is 30.7 Å². The lowest BCUT2D eigenvalue weighted by Crippen LogP contribution is -2.42. The van der Waals surface area contributed by atoms with Gasteiger partial charge in [0, 0.05) is 11.5 Å². The summed E-state index contributed by atoms with van der Waals surface area (Å²) >= 11 is 0. The largest absolute Gasteiger partial charge is 0.468 e.